The number of ether oxygens (including phenoxy) is 1. The summed E-state index contributed by atoms with van der Waals surface area (Å²) >= 11 is 1.81. The van der Waals surface area contributed by atoms with Crippen LogP contribution in [0.3, 0.4) is 0 Å². The molecule has 2 saturated heterocycles. The van der Waals surface area contributed by atoms with Gasteiger partial charge < -0.3 is 10.1 Å². The summed E-state index contributed by atoms with van der Waals surface area (Å²) < 4.78 is 10.5. The highest BCUT2D eigenvalue weighted by atomic mass is 32.2. The molecule has 3 rings (SSSR count). The fourth-order valence-corrected chi connectivity index (χ4v) is 4.51. The van der Waals surface area contributed by atoms with Gasteiger partial charge in [0, 0.05) is 44.9 Å². The quantitative estimate of drug-likeness (QED) is 0.607. The van der Waals surface area contributed by atoms with Crippen molar-refractivity contribution in [2.75, 3.05) is 58.1 Å². The van der Waals surface area contributed by atoms with Gasteiger partial charge in [-0.3, -0.25) is 19.2 Å². The van der Waals surface area contributed by atoms with Crippen LogP contribution in [-0.4, -0.2) is 89.5 Å². The first-order chi connectivity index (χ1) is 12.7. The summed E-state index contributed by atoms with van der Waals surface area (Å²) in [6, 6.07) is 2.77. The minimum atomic E-state index is 0.0340. The van der Waals surface area contributed by atoms with Gasteiger partial charge >= 0.3 is 0 Å². The minimum Gasteiger partial charge on any atom is -0.383 e. The monoisotopic (exact) mass is 384 g/mol. The Kier molecular flexibility index (Phi) is 7.07. The van der Waals surface area contributed by atoms with Crippen molar-refractivity contribution in [2.24, 2.45) is 0 Å². The number of piperidine rings is 1. The Morgan fingerprint density at radius 3 is 2.92 bits per heavy atom. The van der Waals surface area contributed by atoms with Crippen molar-refractivity contribution < 1.29 is 14.2 Å². The van der Waals surface area contributed by atoms with Crippen LogP contribution >= 0.6 is 11.8 Å². The molecule has 10 heteroatoms. The molecule has 0 aliphatic carbocycles. The second-order valence-corrected chi connectivity index (χ2v) is 7.77. The average molecular weight is 385 g/mol. The fraction of sp³-hybridized carbons (Fsp3) is 0.875. The molecule has 3 heterocycles. The first-order valence-electron chi connectivity index (χ1n) is 9.15. The molecule has 0 saturated carbocycles. The number of hydrogen-bond donors (Lipinski definition) is 1. The molecule has 1 unspecified atom stereocenters. The van der Waals surface area contributed by atoms with E-state index in [9.17, 15) is 4.79 Å². The molecule has 1 N–H and O–H groups in total. The maximum Gasteiger partial charge on any atom is 0.234 e. The van der Waals surface area contributed by atoms with E-state index in [4.69, 9.17) is 14.6 Å². The molecule has 1 amide bonds. The Morgan fingerprint density at radius 1 is 1.38 bits per heavy atom. The van der Waals surface area contributed by atoms with E-state index in [2.05, 4.69) is 21.2 Å². The first kappa shape index (κ1) is 19.4. The summed E-state index contributed by atoms with van der Waals surface area (Å²) in [6.07, 6.45) is 1.98. The molecule has 26 heavy (non-hydrogen) atoms. The van der Waals surface area contributed by atoms with Crippen molar-refractivity contribution in [2.45, 2.75) is 31.5 Å². The van der Waals surface area contributed by atoms with Crippen molar-refractivity contribution in [3.8, 4) is 6.07 Å². The highest BCUT2D eigenvalue weighted by Gasteiger charge is 2.29. The summed E-state index contributed by atoms with van der Waals surface area (Å²) in [5.41, 5.74) is 0. The van der Waals surface area contributed by atoms with E-state index < -0.39 is 0 Å². The summed E-state index contributed by atoms with van der Waals surface area (Å²) in [6.45, 7) is 4.99. The van der Waals surface area contributed by atoms with Crippen molar-refractivity contribution >= 4 is 17.7 Å². The molecule has 0 bridgehead atoms. The second-order valence-electron chi connectivity index (χ2n) is 6.77. The number of likely N-dealkylation sites (tertiary alicyclic amines) is 1. The maximum absolute atomic E-state index is 11.8. The highest BCUT2D eigenvalue weighted by Crippen LogP contribution is 2.25. The van der Waals surface area contributed by atoms with Crippen LogP contribution in [0.4, 0.5) is 0 Å². The zero-order valence-corrected chi connectivity index (χ0v) is 16.1. The van der Waals surface area contributed by atoms with Crippen LogP contribution in [0.25, 0.3) is 0 Å². The lowest BCUT2D eigenvalue weighted by Crippen LogP contribution is -2.42. The van der Waals surface area contributed by atoms with E-state index in [1.807, 2.05) is 21.5 Å². The third kappa shape index (κ3) is 5.30. The average Bonchev–Trinajstić information content (AvgIpc) is 3.28. The number of nitrogens with one attached hydrogen (secondary N) is 1. The van der Waals surface area contributed by atoms with Crippen LogP contribution in [0.15, 0.2) is 4.63 Å². The van der Waals surface area contributed by atoms with E-state index in [0.29, 0.717) is 25.7 Å². The largest absolute Gasteiger partial charge is 0.383 e. The van der Waals surface area contributed by atoms with Crippen molar-refractivity contribution in [1.82, 2.24) is 24.8 Å². The molecule has 2 aliphatic rings. The molecule has 1 aromatic heterocycles. The molecule has 9 nitrogen and oxygen atoms in total. The Hall–Kier alpha value is -1.41. The number of nitriles is 1. The van der Waals surface area contributed by atoms with Crippen LogP contribution in [0.2, 0.25) is 0 Å². The SMILES string of the molecule is COCCNC(=O)CN1CCC(n2on2CCN2CSCC2C#N)CC1. The number of nitrogens with zero attached hydrogens (tertiary/aromatic N) is 5. The zero-order chi connectivity index (χ0) is 18.4. The number of carbonyl (C=O) groups excluding carboxylic acids is 1. The smallest absolute Gasteiger partial charge is 0.234 e. The van der Waals surface area contributed by atoms with E-state index >= 15 is 0 Å². The number of rotatable bonds is 9. The number of thioether (sulfide) groups is 1. The van der Waals surface area contributed by atoms with Gasteiger partial charge in [-0.25, -0.2) is 0 Å². The lowest BCUT2D eigenvalue weighted by atomic mass is 10.1. The highest BCUT2D eigenvalue weighted by molar-refractivity contribution is 7.99. The summed E-state index contributed by atoms with van der Waals surface area (Å²) in [5.74, 6) is 1.88. The van der Waals surface area contributed by atoms with Crippen molar-refractivity contribution in [3.05, 3.63) is 0 Å². The lowest BCUT2D eigenvalue weighted by Gasteiger charge is -2.29. The Morgan fingerprint density at radius 2 is 2.19 bits per heavy atom. The normalized spacial score (nSPS) is 22.7. The molecule has 146 valence electrons. The van der Waals surface area contributed by atoms with Gasteiger partial charge in [0.25, 0.3) is 0 Å². The predicted molar refractivity (Wildman–Crippen MR) is 97.7 cm³/mol. The number of hydrogen-bond acceptors (Lipinski definition) is 7. The molecular weight excluding hydrogens is 356 g/mol. The van der Waals surface area contributed by atoms with Crippen LogP contribution in [0.1, 0.15) is 18.9 Å². The molecule has 0 aromatic carbocycles. The number of amides is 1. The van der Waals surface area contributed by atoms with Gasteiger partial charge in [-0.15, -0.1) is 11.8 Å². The number of methoxy groups -OCH3 is 1. The van der Waals surface area contributed by atoms with E-state index in [1.165, 1.54) is 0 Å². The third-order valence-corrected chi connectivity index (χ3v) is 6.00. The standard InChI is InChI=1S/C16H28N6O3S/c1-24-9-4-18-16(23)11-19-5-2-14(3-6-19)22-21(25-22)8-7-20-13-26-12-15(20)10-17/h14-15H,2-9,11-13H2,1H3,(H,18,23). The Balaban J connectivity index is 1.33. The van der Waals surface area contributed by atoms with Crippen LogP contribution < -0.4 is 5.32 Å². The van der Waals surface area contributed by atoms with Gasteiger partial charge in [-0.2, -0.15) is 5.26 Å². The van der Waals surface area contributed by atoms with Gasteiger partial charge in [0.1, 0.15) is 6.04 Å². The van der Waals surface area contributed by atoms with Crippen LogP contribution in [0, 0.1) is 11.3 Å². The van der Waals surface area contributed by atoms with Crippen LogP contribution in [-0.2, 0) is 16.1 Å². The summed E-state index contributed by atoms with van der Waals surface area (Å²) in [7, 11) is 1.63. The second kappa shape index (κ2) is 9.50. The van der Waals surface area contributed by atoms with E-state index in [1.54, 1.807) is 7.11 Å². The van der Waals surface area contributed by atoms with Crippen LogP contribution in [0.5, 0.6) is 0 Å². The predicted octanol–water partition coefficient (Wildman–Crippen LogP) is 0.181. The summed E-state index contributed by atoms with van der Waals surface area (Å²) in [4.78, 5) is 20.1. The Bertz CT molecular complexity index is 598. The Labute approximate surface area is 158 Å². The molecule has 2 fully saturated rings. The number of aromatic nitrogens is 2. The fourth-order valence-electron chi connectivity index (χ4n) is 3.35. The number of carbonyl (C=O) groups is 1. The zero-order valence-electron chi connectivity index (χ0n) is 15.3. The van der Waals surface area contributed by atoms with E-state index in [-0.39, 0.29) is 11.9 Å². The lowest BCUT2D eigenvalue weighted by molar-refractivity contribution is -0.122. The van der Waals surface area contributed by atoms with Gasteiger partial charge in [0.2, 0.25) is 5.91 Å². The van der Waals surface area contributed by atoms with Crippen molar-refractivity contribution in [1.29, 1.82) is 5.26 Å². The van der Waals surface area contributed by atoms with Gasteiger partial charge in [0.15, 0.2) is 0 Å². The molecule has 1 atom stereocenters. The molecular formula is C16H28N6O3S. The van der Waals surface area contributed by atoms with E-state index in [0.717, 1.165) is 50.7 Å². The van der Waals surface area contributed by atoms with Crippen molar-refractivity contribution in [3.63, 3.8) is 0 Å². The molecule has 2 aliphatic heterocycles. The topological polar surface area (TPSA) is 91.6 Å². The van der Waals surface area contributed by atoms with Gasteiger partial charge in [-0.1, -0.05) is 9.71 Å². The maximum atomic E-state index is 11.8. The minimum absolute atomic E-state index is 0.0340. The molecule has 0 spiro atoms. The third-order valence-electron chi connectivity index (χ3n) is 4.94. The summed E-state index contributed by atoms with van der Waals surface area (Å²) in [5, 5.41) is 12.0. The first-order valence-corrected chi connectivity index (χ1v) is 10.3. The molecule has 1 aromatic rings. The van der Waals surface area contributed by atoms with Gasteiger partial charge in [0.05, 0.1) is 31.8 Å². The van der Waals surface area contributed by atoms with Gasteiger partial charge in [-0.05, 0) is 12.8 Å². The molecule has 0 radical (unpaired) electrons.